The molecule has 3 rings (SSSR count). The highest BCUT2D eigenvalue weighted by atomic mass is 32.1. The van der Waals surface area contributed by atoms with Gasteiger partial charge >= 0.3 is 5.97 Å². The first-order valence-corrected chi connectivity index (χ1v) is 10.6. The number of nitrogens with two attached hydrogens (primary N) is 1. The molecule has 0 bridgehead atoms. The molecule has 2 aromatic carbocycles. The van der Waals surface area contributed by atoms with E-state index in [1.165, 1.54) is 0 Å². The molecule has 1 heterocycles. The number of rotatable bonds is 10. The normalized spacial score (nSPS) is 10.5. The summed E-state index contributed by atoms with van der Waals surface area (Å²) in [5, 5.41) is 8.77. The van der Waals surface area contributed by atoms with Crippen LogP contribution in [0.2, 0.25) is 0 Å². The molecular weight excluding hydrogens is 450 g/mol. The molecule has 0 unspecified atom stereocenters. The van der Waals surface area contributed by atoms with Gasteiger partial charge in [-0.3, -0.25) is 24.4 Å². The van der Waals surface area contributed by atoms with Crippen LogP contribution in [0.4, 0.5) is 11.4 Å². The second kappa shape index (κ2) is 10.7. The zero-order valence-corrected chi connectivity index (χ0v) is 19.0. The lowest BCUT2D eigenvalue weighted by Crippen LogP contribution is -2.14. The summed E-state index contributed by atoms with van der Waals surface area (Å²) in [7, 11) is 0. The molecular formula is C21H23N5O4S2. The van der Waals surface area contributed by atoms with Crippen molar-refractivity contribution >= 4 is 47.6 Å². The van der Waals surface area contributed by atoms with Gasteiger partial charge in [-0.2, -0.15) is 0 Å². The Morgan fingerprint density at radius 3 is 2.56 bits per heavy atom. The Morgan fingerprint density at radius 2 is 1.88 bits per heavy atom. The second-order valence-electron chi connectivity index (χ2n) is 6.77. The van der Waals surface area contributed by atoms with Gasteiger partial charge in [-0.15, -0.1) is 0 Å². The van der Waals surface area contributed by atoms with E-state index in [2.05, 4.69) is 15.5 Å². The molecule has 168 valence electrons. The van der Waals surface area contributed by atoms with Crippen molar-refractivity contribution in [1.29, 1.82) is 0 Å². The highest BCUT2D eigenvalue weighted by Gasteiger charge is 2.13. The van der Waals surface area contributed by atoms with Gasteiger partial charge in [-0.1, -0.05) is 12.1 Å². The lowest BCUT2D eigenvalue weighted by Gasteiger charge is -2.12. The number of nitrogens with zero attached hydrogens (tertiary/aromatic N) is 1. The van der Waals surface area contributed by atoms with Crippen molar-refractivity contribution in [1.82, 2.24) is 14.8 Å². The number of H-pyrrole nitrogens is 2. The van der Waals surface area contributed by atoms with E-state index in [1.54, 1.807) is 29.7 Å². The largest absolute Gasteiger partial charge is 0.473 e. The first kappa shape index (κ1) is 23.2. The number of aromatic amines is 2. The lowest BCUT2D eigenvalue weighted by molar-refractivity contribution is -0.145. The summed E-state index contributed by atoms with van der Waals surface area (Å²) in [6, 6.07) is 12.6. The van der Waals surface area contributed by atoms with E-state index in [0.29, 0.717) is 26.5 Å². The SMILES string of the molecule is CCOC(=O)CC(=O)Cc1ccc(OCNc2cccc(-n3c(=S)[nH][nH]c3=S)c2)cc1N. The van der Waals surface area contributed by atoms with Crippen LogP contribution in [-0.2, 0) is 20.7 Å². The summed E-state index contributed by atoms with van der Waals surface area (Å²) in [5.74, 6) is -0.247. The van der Waals surface area contributed by atoms with E-state index in [9.17, 15) is 9.59 Å². The maximum absolute atomic E-state index is 12.0. The van der Waals surface area contributed by atoms with Crippen LogP contribution < -0.4 is 15.8 Å². The lowest BCUT2D eigenvalue weighted by atomic mass is 10.0. The molecule has 0 spiro atoms. The summed E-state index contributed by atoms with van der Waals surface area (Å²) in [4.78, 5) is 23.4. The second-order valence-corrected chi connectivity index (χ2v) is 7.54. The van der Waals surface area contributed by atoms with Crippen molar-refractivity contribution in [2.45, 2.75) is 19.8 Å². The summed E-state index contributed by atoms with van der Waals surface area (Å²) < 4.78 is 13.2. The van der Waals surface area contributed by atoms with Gasteiger partial charge in [0.1, 0.15) is 18.0 Å². The summed E-state index contributed by atoms with van der Waals surface area (Å²) in [6.45, 7) is 2.12. The number of esters is 1. The number of anilines is 2. The number of nitrogen functional groups attached to an aromatic ring is 1. The molecule has 32 heavy (non-hydrogen) atoms. The standard InChI is InChI=1S/C21H23N5O4S2/c1-2-29-19(28)10-16(27)8-13-6-7-17(11-18(13)22)30-12-23-14-4-3-5-15(9-14)26-20(31)24-25-21(26)32/h3-7,9,11,23H,2,8,10,12,22H2,1H3,(H,24,31)(H,25,32). The number of hydrogen-bond donors (Lipinski definition) is 4. The van der Waals surface area contributed by atoms with E-state index in [4.69, 9.17) is 39.6 Å². The number of nitrogens with one attached hydrogen (secondary N) is 3. The van der Waals surface area contributed by atoms with Crippen molar-refractivity contribution in [2.24, 2.45) is 0 Å². The topological polar surface area (TPSA) is 127 Å². The van der Waals surface area contributed by atoms with E-state index in [-0.39, 0.29) is 32.0 Å². The van der Waals surface area contributed by atoms with Crippen molar-refractivity contribution in [3.63, 3.8) is 0 Å². The van der Waals surface area contributed by atoms with Crippen LogP contribution in [0.5, 0.6) is 5.75 Å². The van der Waals surface area contributed by atoms with Gasteiger partial charge in [-0.25, -0.2) is 0 Å². The van der Waals surface area contributed by atoms with Gasteiger partial charge in [-0.05, 0) is 61.2 Å². The van der Waals surface area contributed by atoms with Crippen molar-refractivity contribution in [3.05, 3.63) is 57.6 Å². The maximum atomic E-state index is 12.0. The van der Waals surface area contributed by atoms with Crippen LogP contribution in [0.25, 0.3) is 5.69 Å². The molecule has 0 atom stereocenters. The quantitative estimate of drug-likeness (QED) is 0.115. The van der Waals surface area contributed by atoms with Gasteiger partial charge in [0.15, 0.2) is 16.3 Å². The minimum absolute atomic E-state index is 0.0555. The van der Waals surface area contributed by atoms with Crippen molar-refractivity contribution < 1.29 is 19.1 Å². The van der Waals surface area contributed by atoms with Crippen LogP contribution in [0.1, 0.15) is 18.9 Å². The smallest absolute Gasteiger partial charge is 0.313 e. The zero-order chi connectivity index (χ0) is 23.1. The van der Waals surface area contributed by atoms with E-state index in [0.717, 1.165) is 11.4 Å². The molecule has 1 aromatic heterocycles. The number of ketones is 1. The average Bonchev–Trinajstić information content (AvgIpc) is 3.08. The van der Waals surface area contributed by atoms with E-state index < -0.39 is 5.97 Å². The van der Waals surface area contributed by atoms with Crippen LogP contribution in [0.3, 0.4) is 0 Å². The minimum Gasteiger partial charge on any atom is -0.473 e. The van der Waals surface area contributed by atoms with Gasteiger partial charge in [0, 0.05) is 23.9 Å². The third-order valence-corrected chi connectivity index (χ3v) is 5.02. The molecule has 0 aliphatic carbocycles. The van der Waals surface area contributed by atoms with Gasteiger partial charge in [0.25, 0.3) is 0 Å². The van der Waals surface area contributed by atoms with Crippen LogP contribution in [0, 0.1) is 9.54 Å². The Kier molecular flexibility index (Phi) is 7.79. The maximum Gasteiger partial charge on any atom is 0.313 e. The molecule has 0 aliphatic rings. The van der Waals surface area contributed by atoms with Crippen LogP contribution in [0.15, 0.2) is 42.5 Å². The predicted octanol–water partition coefficient (Wildman–Crippen LogP) is 3.69. The zero-order valence-electron chi connectivity index (χ0n) is 17.3. The first-order valence-electron chi connectivity index (χ1n) is 9.80. The van der Waals surface area contributed by atoms with E-state index >= 15 is 0 Å². The highest BCUT2D eigenvalue weighted by molar-refractivity contribution is 7.72. The molecule has 3 aromatic rings. The number of carbonyl (C=O) groups excluding carboxylic acids is 2. The Bertz CT molecular complexity index is 1200. The molecule has 0 saturated heterocycles. The molecule has 0 aliphatic heterocycles. The summed E-state index contributed by atoms with van der Waals surface area (Å²) >= 11 is 10.5. The van der Waals surface area contributed by atoms with Gasteiger partial charge in [0.2, 0.25) is 0 Å². The third kappa shape index (κ3) is 6.05. The molecule has 0 fully saturated rings. The Balaban J connectivity index is 1.57. The molecule has 9 nitrogen and oxygen atoms in total. The highest BCUT2D eigenvalue weighted by Crippen LogP contribution is 2.21. The number of benzene rings is 2. The van der Waals surface area contributed by atoms with E-state index in [1.807, 2.05) is 24.3 Å². The average molecular weight is 474 g/mol. The van der Waals surface area contributed by atoms with Gasteiger partial charge < -0.3 is 20.5 Å². The minimum atomic E-state index is -0.535. The molecule has 0 saturated carbocycles. The third-order valence-electron chi connectivity index (χ3n) is 4.45. The number of Topliss-reactive ketones (excluding diaryl/α,β-unsaturated/α-hetero) is 1. The molecule has 0 amide bonds. The van der Waals surface area contributed by atoms with Crippen LogP contribution >= 0.6 is 24.4 Å². The first-order chi connectivity index (χ1) is 15.4. The number of carbonyl (C=O) groups is 2. The Hall–Kier alpha value is -3.44. The number of hydrogen-bond acceptors (Lipinski definition) is 8. The van der Waals surface area contributed by atoms with Crippen LogP contribution in [-0.4, -0.2) is 39.9 Å². The summed E-state index contributed by atoms with van der Waals surface area (Å²) in [6.07, 6.45) is -0.215. The summed E-state index contributed by atoms with van der Waals surface area (Å²) in [5.41, 5.74) is 8.72. The Morgan fingerprint density at radius 1 is 1.12 bits per heavy atom. The number of aromatic nitrogens is 3. The molecule has 0 radical (unpaired) electrons. The predicted molar refractivity (Wildman–Crippen MR) is 126 cm³/mol. The Labute approximate surface area is 194 Å². The number of ether oxygens (including phenoxy) is 2. The molecule has 5 N–H and O–H groups in total. The van der Waals surface area contributed by atoms with Crippen molar-refractivity contribution in [2.75, 3.05) is 24.4 Å². The van der Waals surface area contributed by atoms with Crippen molar-refractivity contribution in [3.8, 4) is 11.4 Å². The van der Waals surface area contributed by atoms with Gasteiger partial charge in [0.05, 0.1) is 12.3 Å². The fourth-order valence-corrected chi connectivity index (χ4v) is 3.53. The monoisotopic (exact) mass is 473 g/mol. The molecule has 11 heteroatoms. The fraction of sp³-hybridized carbons (Fsp3) is 0.238. The fourth-order valence-electron chi connectivity index (χ4n) is 2.97.